The van der Waals surface area contributed by atoms with Crippen molar-refractivity contribution < 1.29 is 9.53 Å². The van der Waals surface area contributed by atoms with Crippen LogP contribution < -0.4 is 10.1 Å². The largest absolute Gasteiger partial charge is 0.491 e. The van der Waals surface area contributed by atoms with E-state index >= 15 is 0 Å². The summed E-state index contributed by atoms with van der Waals surface area (Å²) >= 11 is 0. The summed E-state index contributed by atoms with van der Waals surface area (Å²) in [6.07, 6.45) is 0.936. The molecule has 1 aromatic heterocycles. The van der Waals surface area contributed by atoms with E-state index in [4.69, 9.17) is 4.74 Å². The van der Waals surface area contributed by atoms with Gasteiger partial charge in [0.05, 0.1) is 6.10 Å². The Labute approximate surface area is 123 Å². The molecule has 1 aromatic carbocycles. The van der Waals surface area contributed by atoms with Crippen LogP contribution in [0.1, 0.15) is 37.6 Å². The zero-order valence-electron chi connectivity index (χ0n) is 12.4. The molecule has 0 fully saturated rings. The lowest BCUT2D eigenvalue weighted by Crippen LogP contribution is -2.17. The molecule has 0 atom stereocenters. The van der Waals surface area contributed by atoms with Gasteiger partial charge in [0.2, 0.25) is 5.95 Å². The van der Waals surface area contributed by atoms with Crippen molar-refractivity contribution in [1.82, 2.24) is 20.2 Å². The molecule has 0 bridgehead atoms. The minimum absolute atomic E-state index is 0.0557. The first-order valence-electron chi connectivity index (χ1n) is 6.94. The van der Waals surface area contributed by atoms with Crippen LogP contribution in [0.2, 0.25) is 0 Å². The molecule has 7 heteroatoms. The van der Waals surface area contributed by atoms with Gasteiger partial charge < -0.3 is 4.74 Å². The molecule has 0 unspecified atom stereocenters. The highest BCUT2D eigenvalue weighted by atomic mass is 16.5. The third-order valence-electron chi connectivity index (χ3n) is 2.66. The molecule has 0 saturated carbocycles. The number of hydrogen-bond donors (Lipinski definition) is 1. The SMILES string of the molecule is CCCn1nnnc1NC(=O)c1cccc(OC(C)C)c1. The van der Waals surface area contributed by atoms with E-state index in [1.54, 1.807) is 22.9 Å². The van der Waals surface area contributed by atoms with Crippen LogP contribution in [0, 0.1) is 0 Å². The molecule has 112 valence electrons. The molecule has 1 N–H and O–H groups in total. The highest BCUT2D eigenvalue weighted by molar-refractivity contribution is 6.03. The zero-order valence-corrected chi connectivity index (χ0v) is 12.4. The fourth-order valence-corrected chi connectivity index (χ4v) is 1.81. The Morgan fingerprint density at radius 1 is 1.43 bits per heavy atom. The molecule has 0 saturated heterocycles. The van der Waals surface area contributed by atoms with E-state index in [-0.39, 0.29) is 12.0 Å². The average Bonchev–Trinajstić information content (AvgIpc) is 2.86. The standard InChI is InChI=1S/C14H19N5O2/c1-4-8-19-14(16-17-18-19)15-13(20)11-6-5-7-12(9-11)21-10(2)3/h5-7,9-10H,4,8H2,1-3H3,(H,15,16,18,20). The monoisotopic (exact) mass is 289 g/mol. The Kier molecular flexibility index (Phi) is 4.86. The molecule has 2 rings (SSSR count). The number of nitrogens with zero attached hydrogens (tertiary/aromatic N) is 4. The Balaban J connectivity index is 2.11. The number of hydrogen-bond acceptors (Lipinski definition) is 5. The van der Waals surface area contributed by atoms with Gasteiger partial charge >= 0.3 is 0 Å². The van der Waals surface area contributed by atoms with Gasteiger partial charge in [-0.15, -0.1) is 0 Å². The van der Waals surface area contributed by atoms with Gasteiger partial charge in [0.15, 0.2) is 0 Å². The van der Waals surface area contributed by atoms with Gasteiger partial charge in [-0.2, -0.15) is 0 Å². The van der Waals surface area contributed by atoms with Crippen molar-refractivity contribution >= 4 is 11.9 Å². The van der Waals surface area contributed by atoms with Gasteiger partial charge in [0.1, 0.15) is 5.75 Å². The molecular formula is C14H19N5O2. The number of nitrogens with one attached hydrogen (secondary N) is 1. The quantitative estimate of drug-likeness (QED) is 0.880. The van der Waals surface area contributed by atoms with Gasteiger partial charge in [0, 0.05) is 12.1 Å². The Hall–Kier alpha value is -2.44. The van der Waals surface area contributed by atoms with Gasteiger partial charge in [-0.05, 0) is 48.9 Å². The van der Waals surface area contributed by atoms with Crippen molar-refractivity contribution in [1.29, 1.82) is 0 Å². The molecule has 0 radical (unpaired) electrons. The molecule has 0 aliphatic carbocycles. The van der Waals surface area contributed by atoms with Crippen molar-refractivity contribution in [2.45, 2.75) is 39.8 Å². The van der Waals surface area contributed by atoms with E-state index < -0.39 is 0 Å². The number of anilines is 1. The summed E-state index contributed by atoms with van der Waals surface area (Å²) in [5.41, 5.74) is 0.499. The smallest absolute Gasteiger partial charge is 0.258 e. The third-order valence-corrected chi connectivity index (χ3v) is 2.66. The van der Waals surface area contributed by atoms with Crippen LogP contribution in [-0.2, 0) is 6.54 Å². The number of benzene rings is 1. The maximum atomic E-state index is 12.2. The van der Waals surface area contributed by atoms with E-state index in [1.165, 1.54) is 0 Å². The summed E-state index contributed by atoms with van der Waals surface area (Å²) in [6, 6.07) is 7.01. The zero-order chi connectivity index (χ0) is 15.2. The summed E-state index contributed by atoms with van der Waals surface area (Å²) in [5.74, 6) is 0.735. The predicted octanol–water partition coefficient (Wildman–Crippen LogP) is 2.12. The first-order chi connectivity index (χ1) is 10.1. The molecule has 7 nitrogen and oxygen atoms in total. The van der Waals surface area contributed by atoms with E-state index in [0.29, 0.717) is 23.8 Å². The van der Waals surface area contributed by atoms with Gasteiger partial charge in [-0.25, -0.2) is 4.68 Å². The summed E-state index contributed by atoms with van der Waals surface area (Å²) in [4.78, 5) is 12.2. The second kappa shape index (κ2) is 6.83. The normalized spacial score (nSPS) is 10.7. The van der Waals surface area contributed by atoms with Crippen LogP contribution in [-0.4, -0.2) is 32.2 Å². The number of amides is 1. The second-order valence-corrected chi connectivity index (χ2v) is 4.87. The third kappa shape index (κ3) is 4.01. The molecule has 0 spiro atoms. The number of carbonyl (C=O) groups is 1. The van der Waals surface area contributed by atoms with Crippen molar-refractivity contribution in [2.75, 3.05) is 5.32 Å². The first-order valence-corrected chi connectivity index (χ1v) is 6.94. The van der Waals surface area contributed by atoms with Crippen LogP contribution in [0.5, 0.6) is 5.75 Å². The van der Waals surface area contributed by atoms with E-state index in [2.05, 4.69) is 20.8 Å². The van der Waals surface area contributed by atoms with E-state index in [0.717, 1.165) is 6.42 Å². The van der Waals surface area contributed by atoms with Crippen LogP contribution >= 0.6 is 0 Å². The fraction of sp³-hybridized carbons (Fsp3) is 0.429. The maximum absolute atomic E-state index is 12.2. The fourth-order valence-electron chi connectivity index (χ4n) is 1.81. The highest BCUT2D eigenvalue weighted by Gasteiger charge is 2.12. The number of ether oxygens (including phenoxy) is 1. The predicted molar refractivity (Wildman–Crippen MR) is 78.3 cm³/mol. The topological polar surface area (TPSA) is 81.9 Å². The van der Waals surface area contributed by atoms with Crippen molar-refractivity contribution in [2.24, 2.45) is 0 Å². The molecule has 1 amide bonds. The van der Waals surface area contributed by atoms with E-state index in [1.807, 2.05) is 26.8 Å². The molecule has 0 aliphatic rings. The molecule has 1 heterocycles. The number of aromatic nitrogens is 4. The Morgan fingerprint density at radius 2 is 2.24 bits per heavy atom. The van der Waals surface area contributed by atoms with Crippen molar-refractivity contribution in [3.8, 4) is 5.75 Å². The lowest BCUT2D eigenvalue weighted by atomic mass is 10.2. The summed E-state index contributed by atoms with van der Waals surface area (Å²) < 4.78 is 7.14. The molecule has 21 heavy (non-hydrogen) atoms. The molecule has 2 aromatic rings. The number of tetrazole rings is 1. The number of aryl methyl sites for hydroxylation is 1. The second-order valence-electron chi connectivity index (χ2n) is 4.87. The van der Waals surface area contributed by atoms with Gasteiger partial charge in [-0.3, -0.25) is 10.1 Å². The lowest BCUT2D eigenvalue weighted by Gasteiger charge is -2.11. The Morgan fingerprint density at radius 3 is 2.95 bits per heavy atom. The van der Waals surface area contributed by atoms with Crippen LogP contribution in [0.15, 0.2) is 24.3 Å². The van der Waals surface area contributed by atoms with Crippen molar-refractivity contribution in [3.05, 3.63) is 29.8 Å². The minimum Gasteiger partial charge on any atom is -0.491 e. The number of rotatable bonds is 6. The summed E-state index contributed by atoms with van der Waals surface area (Å²) in [7, 11) is 0. The summed E-state index contributed by atoms with van der Waals surface area (Å²) in [5, 5.41) is 13.9. The minimum atomic E-state index is -0.267. The molecular weight excluding hydrogens is 270 g/mol. The van der Waals surface area contributed by atoms with Crippen LogP contribution in [0.4, 0.5) is 5.95 Å². The van der Waals surface area contributed by atoms with Gasteiger partial charge in [0.25, 0.3) is 5.91 Å². The number of carbonyl (C=O) groups excluding carboxylic acids is 1. The average molecular weight is 289 g/mol. The van der Waals surface area contributed by atoms with E-state index in [9.17, 15) is 4.79 Å². The Bertz CT molecular complexity index is 609. The van der Waals surface area contributed by atoms with Gasteiger partial charge in [-0.1, -0.05) is 18.1 Å². The summed E-state index contributed by atoms with van der Waals surface area (Å²) in [6.45, 7) is 6.54. The molecule has 0 aliphatic heterocycles. The lowest BCUT2D eigenvalue weighted by molar-refractivity contribution is 0.102. The highest BCUT2D eigenvalue weighted by Crippen LogP contribution is 2.16. The van der Waals surface area contributed by atoms with Crippen LogP contribution in [0.25, 0.3) is 0 Å². The van der Waals surface area contributed by atoms with Crippen molar-refractivity contribution in [3.63, 3.8) is 0 Å². The maximum Gasteiger partial charge on any atom is 0.258 e. The van der Waals surface area contributed by atoms with Crippen LogP contribution in [0.3, 0.4) is 0 Å². The first kappa shape index (κ1) is 15.0.